The number of carbonyl (C=O) groups is 1. The highest BCUT2D eigenvalue weighted by molar-refractivity contribution is 6.15. The van der Waals surface area contributed by atoms with Crippen molar-refractivity contribution in [2.45, 2.75) is 13.1 Å². The van der Waals surface area contributed by atoms with Crippen LogP contribution in [-0.2, 0) is 13.1 Å². The van der Waals surface area contributed by atoms with Gasteiger partial charge in [0.1, 0.15) is 0 Å². The van der Waals surface area contributed by atoms with Gasteiger partial charge in [-0.2, -0.15) is 0 Å². The molecule has 0 bridgehead atoms. The lowest BCUT2D eigenvalue weighted by molar-refractivity contribution is 0.0971. The molecule has 1 aliphatic heterocycles. The second-order valence-corrected chi connectivity index (χ2v) is 6.73. The Morgan fingerprint density at radius 2 is 1.81 bits per heavy atom. The summed E-state index contributed by atoms with van der Waals surface area (Å²) in [5.41, 5.74) is 2.06. The van der Waals surface area contributed by atoms with Gasteiger partial charge < -0.3 is 14.7 Å². The molecule has 2 heterocycles. The number of Topliss-reactive ketones (excluding diaryl/α,β-unsaturated/α-hetero) is 1. The standard InChI is InChI=1S/C19H23BN4O2/c1-22-8-10-23(11-9-22)13-15-2-4-16(5-3-15)18(25)14-24-7-6-17(21-20)12-19(24)26/h2-7,12,21H,8-11,13-14H2,1H3. The van der Waals surface area contributed by atoms with Crippen molar-refractivity contribution in [3.63, 3.8) is 0 Å². The van der Waals surface area contributed by atoms with Crippen LogP contribution >= 0.6 is 0 Å². The maximum absolute atomic E-state index is 12.4. The topological polar surface area (TPSA) is 57.6 Å². The maximum Gasteiger partial charge on any atom is 0.252 e. The number of anilines is 1. The molecule has 1 saturated heterocycles. The van der Waals surface area contributed by atoms with Gasteiger partial charge in [-0.1, -0.05) is 24.3 Å². The van der Waals surface area contributed by atoms with E-state index in [9.17, 15) is 9.59 Å². The van der Waals surface area contributed by atoms with E-state index in [4.69, 9.17) is 7.98 Å². The predicted molar refractivity (Wildman–Crippen MR) is 104 cm³/mol. The normalized spacial score (nSPS) is 15.7. The number of hydrogen-bond acceptors (Lipinski definition) is 5. The van der Waals surface area contributed by atoms with E-state index in [1.165, 1.54) is 16.2 Å². The van der Waals surface area contributed by atoms with Crippen LogP contribution in [-0.4, -0.2) is 61.4 Å². The number of likely N-dealkylation sites (N-methyl/N-ethyl adjacent to an activating group) is 1. The third-order valence-electron chi connectivity index (χ3n) is 4.75. The van der Waals surface area contributed by atoms with E-state index in [1.807, 2.05) is 24.3 Å². The van der Waals surface area contributed by atoms with Crippen LogP contribution in [0.5, 0.6) is 0 Å². The van der Waals surface area contributed by atoms with E-state index in [1.54, 1.807) is 12.3 Å². The maximum atomic E-state index is 12.4. The van der Waals surface area contributed by atoms with E-state index in [0.717, 1.165) is 32.7 Å². The quantitative estimate of drug-likeness (QED) is 0.622. The van der Waals surface area contributed by atoms with Gasteiger partial charge in [-0.15, -0.1) is 0 Å². The molecule has 0 aliphatic carbocycles. The van der Waals surface area contributed by atoms with Gasteiger partial charge >= 0.3 is 0 Å². The zero-order valence-corrected chi connectivity index (χ0v) is 15.0. The molecule has 134 valence electrons. The lowest BCUT2D eigenvalue weighted by Gasteiger charge is -2.32. The Hall–Kier alpha value is -2.38. The van der Waals surface area contributed by atoms with Gasteiger partial charge in [0.15, 0.2) is 5.78 Å². The lowest BCUT2D eigenvalue weighted by Crippen LogP contribution is -2.43. The van der Waals surface area contributed by atoms with Gasteiger partial charge in [0.05, 0.1) is 6.54 Å². The second kappa shape index (κ2) is 8.34. The summed E-state index contributed by atoms with van der Waals surface area (Å²) >= 11 is 0. The molecule has 2 radical (unpaired) electrons. The van der Waals surface area contributed by atoms with E-state index < -0.39 is 0 Å². The minimum absolute atomic E-state index is 0.0154. The summed E-state index contributed by atoms with van der Waals surface area (Å²) < 4.78 is 1.38. The summed E-state index contributed by atoms with van der Waals surface area (Å²) in [5.74, 6) is -0.0910. The fraction of sp³-hybridized carbons (Fsp3) is 0.368. The first-order valence-electron chi connectivity index (χ1n) is 8.75. The Bertz CT molecular complexity index is 811. The average Bonchev–Trinajstić information content (AvgIpc) is 2.65. The van der Waals surface area contributed by atoms with Crippen LogP contribution in [0.3, 0.4) is 0 Å². The number of nitrogens with one attached hydrogen (secondary N) is 1. The van der Waals surface area contributed by atoms with Crippen LogP contribution in [0.15, 0.2) is 47.4 Å². The highest BCUT2D eigenvalue weighted by Gasteiger charge is 2.14. The second-order valence-electron chi connectivity index (χ2n) is 6.73. The fourth-order valence-electron chi connectivity index (χ4n) is 3.03. The molecule has 3 rings (SSSR count). The number of piperazine rings is 1. The molecule has 0 spiro atoms. The SMILES string of the molecule is [B]Nc1ccn(CC(=O)c2ccc(CN3CCN(C)CC3)cc2)c(=O)c1. The highest BCUT2D eigenvalue weighted by atomic mass is 16.1. The van der Waals surface area contributed by atoms with Crippen molar-refractivity contribution in [2.24, 2.45) is 0 Å². The molecule has 1 aliphatic rings. The molecule has 0 saturated carbocycles. The minimum Gasteiger partial charge on any atom is -0.437 e. The Kier molecular flexibility index (Phi) is 5.91. The van der Waals surface area contributed by atoms with Crippen molar-refractivity contribution in [1.29, 1.82) is 0 Å². The third kappa shape index (κ3) is 4.62. The first-order valence-corrected chi connectivity index (χ1v) is 8.75. The molecule has 7 heteroatoms. The molecule has 2 aromatic rings. The lowest BCUT2D eigenvalue weighted by atomic mass is 10.1. The van der Waals surface area contributed by atoms with Crippen molar-refractivity contribution < 1.29 is 4.79 Å². The Balaban J connectivity index is 1.61. The van der Waals surface area contributed by atoms with Crippen LogP contribution in [0.1, 0.15) is 15.9 Å². The molecular weight excluding hydrogens is 327 g/mol. The van der Waals surface area contributed by atoms with Crippen molar-refractivity contribution in [1.82, 2.24) is 14.4 Å². The molecule has 6 nitrogen and oxygen atoms in total. The number of pyridine rings is 1. The van der Waals surface area contributed by atoms with Crippen LogP contribution < -0.4 is 10.8 Å². The molecule has 26 heavy (non-hydrogen) atoms. The summed E-state index contributed by atoms with van der Waals surface area (Å²) in [6.07, 6.45) is 1.57. The Morgan fingerprint density at radius 1 is 1.12 bits per heavy atom. The number of rotatable bonds is 6. The Morgan fingerprint density at radius 3 is 2.42 bits per heavy atom. The molecule has 1 N–H and O–H groups in total. The molecule has 0 amide bonds. The molecule has 0 unspecified atom stereocenters. The summed E-state index contributed by atoms with van der Waals surface area (Å²) in [5, 5.41) is 2.42. The van der Waals surface area contributed by atoms with Crippen LogP contribution in [0.25, 0.3) is 0 Å². The highest BCUT2D eigenvalue weighted by Crippen LogP contribution is 2.11. The molecular formula is C19H23BN4O2. The van der Waals surface area contributed by atoms with Gasteiger partial charge in [-0.25, -0.2) is 0 Å². The fourth-order valence-corrected chi connectivity index (χ4v) is 3.03. The minimum atomic E-state index is -0.263. The van der Waals surface area contributed by atoms with Gasteiger partial charge in [-0.05, 0) is 18.7 Å². The smallest absolute Gasteiger partial charge is 0.252 e. The number of benzene rings is 1. The Labute approximate surface area is 154 Å². The largest absolute Gasteiger partial charge is 0.437 e. The third-order valence-corrected chi connectivity index (χ3v) is 4.75. The van der Waals surface area contributed by atoms with Gasteiger partial charge in [0, 0.05) is 56.2 Å². The van der Waals surface area contributed by atoms with Gasteiger partial charge in [0.25, 0.3) is 5.56 Å². The summed E-state index contributed by atoms with van der Waals surface area (Å²) in [6, 6.07) is 10.7. The van der Waals surface area contributed by atoms with Crippen LogP contribution in [0, 0.1) is 0 Å². The summed E-state index contributed by atoms with van der Waals surface area (Å²) in [4.78, 5) is 29.2. The summed E-state index contributed by atoms with van der Waals surface area (Å²) in [6.45, 7) is 5.21. The van der Waals surface area contributed by atoms with Gasteiger partial charge in [-0.3, -0.25) is 14.5 Å². The number of ketones is 1. The first-order chi connectivity index (χ1) is 12.5. The van der Waals surface area contributed by atoms with Gasteiger partial charge in [0.2, 0.25) is 7.98 Å². The molecule has 1 aromatic carbocycles. The molecule has 1 aromatic heterocycles. The number of nitrogens with zero attached hydrogens (tertiary/aromatic N) is 3. The zero-order valence-electron chi connectivity index (χ0n) is 15.0. The number of aromatic nitrogens is 1. The van der Waals surface area contributed by atoms with E-state index >= 15 is 0 Å². The average molecular weight is 350 g/mol. The monoisotopic (exact) mass is 350 g/mol. The van der Waals surface area contributed by atoms with E-state index in [0.29, 0.717) is 11.3 Å². The van der Waals surface area contributed by atoms with Crippen molar-refractivity contribution in [3.05, 3.63) is 64.1 Å². The van der Waals surface area contributed by atoms with Crippen LogP contribution in [0.2, 0.25) is 0 Å². The summed E-state index contributed by atoms with van der Waals surface area (Å²) in [7, 11) is 7.42. The van der Waals surface area contributed by atoms with Crippen LogP contribution in [0.4, 0.5) is 5.69 Å². The van der Waals surface area contributed by atoms with Crippen molar-refractivity contribution in [3.8, 4) is 0 Å². The first kappa shape index (κ1) is 18.4. The zero-order chi connectivity index (χ0) is 18.5. The number of hydrogen-bond donors (Lipinski definition) is 1. The van der Waals surface area contributed by atoms with E-state index in [-0.39, 0.29) is 17.9 Å². The molecule has 1 fully saturated rings. The number of carbonyl (C=O) groups excluding carboxylic acids is 1. The van der Waals surface area contributed by atoms with Crippen molar-refractivity contribution in [2.75, 3.05) is 38.5 Å². The van der Waals surface area contributed by atoms with Crippen molar-refractivity contribution >= 4 is 19.5 Å². The predicted octanol–water partition coefficient (Wildman–Crippen LogP) is 0.974. The van der Waals surface area contributed by atoms with E-state index in [2.05, 4.69) is 22.1 Å². The molecule has 0 atom stereocenters.